The molecular formula is C12H8F3N5O2S2. The Morgan fingerprint density at radius 2 is 2.17 bits per heavy atom. The van der Waals surface area contributed by atoms with E-state index >= 15 is 0 Å². The molecule has 0 unspecified atom stereocenters. The van der Waals surface area contributed by atoms with E-state index in [1.807, 2.05) is 17.5 Å². The van der Waals surface area contributed by atoms with Gasteiger partial charge in [-0.2, -0.15) is 18.2 Å². The maximum Gasteiger partial charge on any atom is 0.445 e. The number of nitrogens with zero attached hydrogens (tertiary/aromatic N) is 4. The van der Waals surface area contributed by atoms with Crippen LogP contribution < -0.4 is 5.32 Å². The lowest BCUT2D eigenvalue weighted by Gasteiger charge is -1.99. The molecule has 0 radical (unpaired) electrons. The number of carbonyl (C=O) groups is 1. The molecule has 0 atom stereocenters. The van der Waals surface area contributed by atoms with Gasteiger partial charge in [0.05, 0.1) is 4.88 Å². The van der Waals surface area contributed by atoms with Gasteiger partial charge in [-0.15, -0.1) is 21.5 Å². The van der Waals surface area contributed by atoms with E-state index in [1.165, 1.54) is 11.3 Å². The van der Waals surface area contributed by atoms with Crippen molar-refractivity contribution in [3.63, 3.8) is 0 Å². The van der Waals surface area contributed by atoms with Crippen LogP contribution in [0.15, 0.2) is 22.0 Å². The summed E-state index contributed by atoms with van der Waals surface area (Å²) >= 11 is 1.71. The molecule has 0 aliphatic heterocycles. The van der Waals surface area contributed by atoms with Crippen molar-refractivity contribution >= 4 is 33.7 Å². The summed E-state index contributed by atoms with van der Waals surface area (Å²) in [5, 5.41) is 12.9. The molecule has 7 nitrogen and oxygen atoms in total. The molecule has 0 saturated heterocycles. The Hall–Kier alpha value is -2.34. The minimum atomic E-state index is -4.58. The van der Waals surface area contributed by atoms with Crippen LogP contribution in [0, 0.1) is 0 Å². The average Bonchev–Trinajstić information content (AvgIpc) is 3.25. The minimum Gasteiger partial charge on any atom is -0.339 e. The number of anilines is 1. The van der Waals surface area contributed by atoms with Crippen molar-refractivity contribution in [1.29, 1.82) is 0 Å². The van der Waals surface area contributed by atoms with Gasteiger partial charge in [0.2, 0.25) is 27.8 Å². The number of carbonyl (C=O) groups excluding carboxylic acids is 1. The Balaban J connectivity index is 1.53. The Bertz CT molecular complexity index is 828. The van der Waals surface area contributed by atoms with Gasteiger partial charge < -0.3 is 9.84 Å². The van der Waals surface area contributed by atoms with Crippen LogP contribution in [0.1, 0.15) is 17.3 Å². The molecule has 0 aromatic carbocycles. The summed E-state index contributed by atoms with van der Waals surface area (Å²) in [4.78, 5) is 16.7. The number of nitrogens with one attached hydrogen (secondary N) is 1. The molecule has 24 heavy (non-hydrogen) atoms. The standard InChI is InChI=1S/C12H8F3N5O2S2/c13-12(14,15)10-18-19-11(24-10)16-7(21)3-4-8-17-9(20-22-8)6-2-1-5-23-6/h1-2,5H,3-4H2,(H,16,19,21). The molecule has 126 valence electrons. The molecular weight excluding hydrogens is 367 g/mol. The number of rotatable bonds is 5. The van der Waals surface area contributed by atoms with Crippen molar-refractivity contribution in [2.75, 3.05) is 5.32 Å². The quantitative estimate of drug-likeness (QED) is 0.736. The van der Waals surface area contributed by atoms with Crippen LogP contribution in [-0.4, -0.2) is 26.2 Å². The molecule has 3 aromatic heterocycles. The SMILES string of the molecule is O=C(CCc1nc(-c2cccs2)no1)Nc1nnc(C(F)(F)F)s1. The van der Waals surface area contributed by atoms with Crippen LogP contribution in [0.2, 0.25) is 0 Å². The van der Waals surface area contributed by atoms with Gasteiger partial charge in [-0.1, -0.05) is 22.6 Å². The van der Waals surface area contributed by atoms with Crippen LogP contribution in [-0.2, 0) is 17.4 Å². The third kappa shape index (κ3) is 3.94. The summed E-state index contributed by atoms with van der Waals surface area (Å²) < 4.78 is 42.2. The second kappa shape index (κ2) is 6.65. The molecule has 0 bridgehead atoms. The van der Waals surface area contributed by atoms with Crippen LogP contribution in [0.5, 0.6) is 0 Å². The van der Waals surface area contributed by atoms with Gasteiger partial charge in [-0.25, -0.2) is 0 Å². The second-order valence-corrected chi connectivity index (χ2v) is 6.37. The summed E-state index contributed by atoms with van der Waals surface area (Å²) in [6, 6.07) is 3.68. The van der Waals surface area contributed by atoms with Gasteiger partial charge in [0.1, 0.15) is 0 Å². The maximum absolute atomic E-state index is 12.4. The molecule has 3 rings (SSSR count). The Kier molecular flexibility index (Phi) is 4.57. The number of aryl methyl sites for hydroxylation is 1. The van der Waals surface area contributed by atoms with Crippen LogP contribution in [0.4, 0.5) is 18.3 Å². The number of hydrogen-bond donors (Lipinski definition) is 1. The van der Waals surface area contributed by atoms with E-state index in [4.69, 9.17) is 4.52 Å². The number of thiophene rings is 1. The number of alkyl halides is 3. The fourth-order valence-electron chi connectivity index (χ4n) is 1.65. The van der Waals surface area contributed by atoms with E-state index in [1.54, 1.807) is 0 Å². The number of hydrogen-bond acceptors (Lipinski definition) is 8. The van der Waals surface area contributed by atoms with E-state index in [2.05, 4.69) is 25.7 Å². The first kappa shape index (κ1) is 16.5. The van der Waals surface area contributed by atoms with Gasteiger partial charge >= 0.3 is 6.18 Å². The fourth-order valence-corrected chi connectivity index (χ4v) is 2.93. The van der Waals surface area contributed by atoms with Crippen molar-refractivity contribution in [2.45, 2.75) is 19.0 Å². The third-order valence-corrected chi connectivity index (χ3v) is 4.44. The highest BCUT2D eigenvalue weighted by Crippen LogP contribution is 2.33. The van der Waals surface area contributed by atoms with Crippen molar-refractivity contribution < 1.29 is 22.5 Å². The summed E-state index contributed by atoms with van der Waals surface area (Å²) in [6.07, 6.45) is -4.45. The zero-order valence-corrected chi connectivity index (χ0v) is 13.3. The highest BCUT2D eigenvalue weighted by molar-refractivity contribution is 7.15. The molecule has 0 aliphatic carbocycles. The van der Waals surface area contributed by atoms with Crippen LogP contribution in [0.3, 0.4) is 0 Å². The minimum absolute atomic E-state index is 0.0347. The van der Waals surface area contributed by atoms with E-state index in [0.29, 0.717) is 5.82 Å². The van der Waals surface area contributed by atoms with Gasteiger partial charge in [-0.3, -0.25) is 4.79 Å². The first-order chi connectivity index (χ1) is 11.4. The fraction of sp³-hybridized carbons (Fsp3) is 0.250. The second-order valence-electron chi connectivity index (χ2n) is 4.45. The highest BCUT2D eigenvalue weighted by atomic mass is 32.1. The van der Waals surface area contributed by atoms with E-state index < -0.39 is 17.1 Å². The molecule has 3 aromatic rings. The average molecular weight is 375 g/mol. The van der Waals surface area contributed by atoms with Gasteiger partial charge in [-0.05, 0) is 11.4 Å². The Morgan fingerprint density at radius 1 is 1.33 bits per heavy atom. The molecule has 1 N–H and O–H groups in total. The lowest BCUT2D eigenvalue weighted by atomic mass is 10.3. The largest absolute Gasteiger partial charge is 0.445 e. The normalized spacial score (nSPS) is 11.6. The predicted molar refractivity (Wildman–Crippen MR) is 79.5 cm³/mol. The first-order valence-electron chi connectivity index (χ1n) is 6.49. The smallest absolute Gasteiger partial charge is 0.339 e. The van der Waals surface area contributed by atoms with Crippen LogP contribution >= 0.6 is 22.7 Å². The molecule has 0 aliphatic rings. The molecule has 1 amide bonds. The van der Waals surface area contributed by atoms with Gasteiger partial charge in [0.15, 0.2) is 0 Å². The van der Waals surface area contributed by atoms with Gasteiger partial charge in [0, 0.05) is 12.8 Å². The van der Waals surface area contributed by atoms with Crippen molar-refractivity contribution in [2.24, 2.45) is 0 Å². The lowest BCUT2D eigenvalue weighted by Crippen LogP contribution is -2.12. The Labute approximate surface area is 140 Å². The lowest BCUT2D eigenvalue weighted by molar-refractivity contribution is -0.138. The van der Waals surface area contributed by atoms with Crippen molar-refractivity contribution in [3.05, 3.63) is 28.4 Å². The maximum atomic E-state index is 12.4. The van der Waals surface area contributed by atoms with E-state index in [0.717, 1.165) is 4.88 Å². The molecule has 3 heterocycles. The monoisotopic (exact) mass is 375 g/mol. The highest BCUT2D eigenvalue weighted by Gasteiger charge is 2.35. The third-order valence-electron chi connectivity index (χ3n) is 2.69. The molecule has 0 saturated carbocycles. The zero-order valence-electron chi connectivity index (χ0n) is 11.7. The van der Waals surface area contributed by atoms with Gasteiger partial charge in [0.25, 0.3) is 0 Å². The topological polar surface area (TPSA) is 93.8 Å². The molecule has 0 spiro atoms. The van der Waals surface area contributed by atoms with Crippen molar-refractivity contribution in [3.8, 4) is 10.7 Å². The predicted octanol–water partition coefficient (Wildman–Crippen LogP) is 3.24. The molecule has 12 heteroatoms. The Morgan fingerprint density at radius 3 is 2.83 bits per heavy atom. The summed E-state index contributed by atoms with van der Waals surface area (Å²) in [5.74, 6) is 0.178. The summed E-state index contributed by atoms with van der Waals surface area (Å²) in [5.41, 5.74) is 0. The summed E-state index contributed by atoms with van der Waals surface area (Å²) in [7, 11) is 0. The zero-order chi connectivity index (χ0) is 17.2. The van der Waals surface area contributed by atoms with E-state index in [9.17, 15) is 18.0 Å². The number of aromatic nitrogens is 4. The number of halogens is 3. The number of amides is 1. The van der Waals surface area contributed by atoms with Crippen molar-refractivity contribution in [1.82, 2.24) is 20.3 Å². The summed E-state index contributed by atoms with van der Waals surface area (Å²) in [6.45, 7) is 0. The van der Waals surface area contributed by atoms with E-state index in [-0.39, 0.29) is 35.2 Å². The molecule has 0 fully saturated rings. The first-order valence-corrected chi connectivity index (χ1v) is 8.18. The van der Waals surface area contributed by atoms with Crippen LogP contribution in [0.25, 0.3) is 10.7 Å².